The van der Waals surface area contributed by atoms with Crippen LogP contribution in [0.5, 0.6) is 0 Å². The molecule has 1 aliphatic rings. The molecule has 0 bridgehead atoms. The van der Waals surface area contributed by atoms with E-state index in [9.17, 15) is 4.79 Å². The lowest BCUT2D eigenvalue weighted by atomic mass is 10.1. The van der Waals surface area contributed by atoms with Crippen LogP contribution in [0.25, 0.3) is 0 Å². The Labute approximate surface area is 128 Å². The molecule has 0 radical (unpaired) electrons. The minimum absolute atomic E-state index is 0.0776. The monoisotopic (exact) mass is 340 g/mol. The van der Waals surface area contributed by atoms with Crippen molar-refractivity contribution in [2.75, 3.05) is 40.3 Å². The third kappa shape index (κ3) is 4.04. The number of rotatable bonds is 4. The Balaban J connectivity index is 1.92. The van der Waals surface area contributed by atoms with E-state index in [4.69, 9.17) is 4.74 Å². The summed E-state index contributed by atoms with van der Waals surface area (Å²) in [6.07, 6.45) is 0.643. The molecule has 0 N–H and O–H groups in total. The first-order chi connectivity index (χ1) is 9.58. The van der Waals surface area contributed by atoms with Gasteiger partial charge in [0.05, 0.1) is 12.7 Å². The average Bonchev–Trinajstić information content (AvgIpc) is 2.45. The van der Waals surface area contributed by atoms with Gasteiger partial charge in [-0.05, 0) is 11.6 Å². The highest BCUT2D eigenvalue weighted by Gasteiger charge is 2.23. The Hall–Kier alpha value is -0.910. The fourth-order valence-electron chi connectivity index (χ4n) is 2.31. The highest BCUT2D eigenvalue weighted by Crippen LogP contribution is 2.28. The van der Waals surface area contributed by atoms with Crippen LogP contribution in [0.2, 0.25) is 0 Å². The number of ether oxygens (including phenoxy) is 1. The van der Waals surface area contributed by atoms with Gasteiger partial charge in [0.1, 0.15) is 0 Å². The second-order valence-corrected chi connectivity index (χ2v) is 6.07. The van der Waals surface area contributed by atoms with Crippen molar-refractivity contribution in [3.8, 4) is 0 Å². The molecule has 0 saturated carbocycles. The number of carbonyl (C=O) groups is 1. The molecule has 4 nitrogen and oxygen atoms in total. The van der Waals surface area contributed by atoms with Crippen LogP contribution in [-0.2, 0) is 9.53 Å². The second-order valence-electron chi connectivity index (χ2n) is 5.22. The van der Waals surface area contributed by atoms with Crippen LogP contribution < -0.4 is 0 Å². The van der Waals surface area contributed by atoms with E-state index in [0.717, 1.165) is 24.1 Å². The van der Waals surface area contributed by atoms with Gasteiger partial charge >= 0.3 is 0 Å². The van der Waals surface area contributed by atoms with Crippen LogP contribution in [0.15, 0.2) is 28.7 Å². The molecular weight excluding hydrogens is 320 g/mol. The van der Waals surface area contributed by atoms with Crippen LogP contribution in [-0.4, -0.2) is 56.0 Å². The maximum Gasteiger partial charge on any atom is 0.223 e. The van der Waals surface area contributed by atoms with Crippen LogP contribution in [0.3, 0.4) is 0 Å². The first kappa shape index (κ1) is 15.5. The fourth-order valence-corrected chi connectivity index (χ4v) is 2.85. The molecule has 1 unspecified atom stereocenters. The number of hydrogen-bond acceptors (Lipinski definition) is 3. The molecule has 110 valence electrons. The molecule has 0 aliphatic carbocycles. The summed E-state index contributed by atoms with van der Waals surface area (Å²) in [5, 5.41) is 0. The highest BCUT2D eigenvalue weighted by atomic mass is 79.9. The number of nitrogens with zero attached hydrogens (tertiary/aromatic N) is 2. The quantitative estimate of drug-likeness (QED) is 0.843. The molecule has 1 aromatic carbocycles. The summed E-state index contributed by atoms with van der Waals surface area (Å²) in [7, 11) is 3.59. The lowest BCUT2D eigenvalue weighted by Gasteiger charge is -2.33. The van der Waals surface area contributed by atoms with Gasteiger partial charge in [0, 0.05) is 44.6 Å². The molecule has 20 heavy (non-hydrogen) atoms. The maximum atomic E-state index is 11.7. The lowest BCUT2D eigenvalue weighted by molar-refractivity contribution is -0.129. The molecule has 0 aromatic heterocycles. The van der Waals surface area contributed by atoms with E-state index in [1.54, 1.807) is 19.0 Å². The Morgan fingerprint density at radius 1 is 1.45 bits per heavy atom. The van der Waals surface area contributed by atoms with Crippen LogP contribution in [0, 0.1) is 0 Å². The summed E-state index contributed by atoms with van der Waals surface area (Å²) in [5.74, 6) is 0.175. The smallest absolute Gasteiger partial charge is 0.223 e. The van der Waals surface area contributed by atoms with Gasteiger partial charge < -0.3 is 9.64 Å². The second kappa shape index (κ2) is 7.20. The first-order valence-electron chi connectivity index (χ1n) is 6.86. The van der Waals surface area contributed by atoms with Gasteiger partial charge in [0.2, 0.25) is 5.91 Å². The molecule has 1 heterocycles. The van der Waals surface area contributed by atoms with Gasteiger partial charge in [0.15, 0.2) is 0 Å². The normalized spacial score (nSPS) is 19.9. The molecule has 0 spiro atoms. The van der Waals surface area contributed by atoms with E-state index >= 15 is 0 Å². The molecular formula is C15H21BrN2O2. The summed E-state index contributed by atoms with van der Waals surface area (Å²) < 4.78 is 6.94. The van der Waals surface area contributed by atoms with Gasteiger partial charge in [-0.3, -0.25) is 9.69 Å². The Morgan fingerprint density at radius 2 is 2.20 bits per heavy atom. The highest BCUT2D eigenvalue weighted by molar-refractivity contribution is 9.10. The standard InChI is InChI=1S/C15H21BrN2O2/c1-17(2)15(19)7-8-18-9-10-20-14(11-18)12-5-3-4-6-13(12)16/h3-6,14H,7-11H2,1-2H3. The van der Waals surface area contributed by atoms with Gasteiger partial charge in [-0.25, -0.2) is 0 Å². The molecule has 2 rings (SSSR count). The minimum Gasteiger partial charge on any atom is -0.371 e. The fraction of sp³-hybridized carbons (Fsp3) is 0.533. The van der Waals surface area contributed by atoms with Crippen LogP contribution >= 0.6 is 15.9 Å². The van der Waals surface area contributed by atoms with Crippen molar-refractivity contribution in [2.45, 2.75) is 12.5 Å². The van der Waals surface area contributed by atoms with Crippen molar-refractivity contribution >= 4 is 21.8 Å². The maximum absolute atomic E-state index is 11.7. The zero-order valence-corrected chi connectivity index (χ0v) is 13.6. The van der Waals surface area contributed by atoms with Crippen LogP contribution in [0.4, 0.5) is 0 Å². The van der Waals surface area contributed by atoms with Crippen LogP contribution in [0.1, 0.15) is 18.1 Å². The molecule has 1 fully saturated rings. The van der Waals surface area contributed by atoms with E-state index in [-0.39, 0.29) is 12.0 Å². The van der Waals surface area contributed by atoms with Gasteiger partial charge in [-0.1, -0.05) is 34.1 Å². The summed E-state index contributed by atoms with van der Waals surface area (Å²) >= 11 is 3.57. The lowest BCUT2D eigenvalue weighted by Crippen LogP contribution is -2.40. The molecule has 5 heteroatoms. The summed E-state index contributed by atoms with van der Waals surface area (Å²) in [6, 6.07) is 8.15. The average molecular weight is 341 g/mol. The number of carbonyl (C=O) groups excluding carboxylic acids is 1. The third-order valence-electron chi connectivity index (χ3n) is 3.54. The molecule has 1 amide bonds. The zero-order chi connectivity index (χ0) is 14.5. The number of amides is 1. The predicted octanol–water partition coefficient (Wildman–Crippen LogP) is 2.30. The number of hydrogen-bond donors (Lipinski definition) is 0. The van der Waals surface area contributed by atoms with Crippen molar-refractivity contribution in [3.63, 3.8) is 0 Å². The van der Waals surface area contributed by atoms with E-state index in [1.807, 2.05) is 18.2 Å². The molecule has 1 aromatic rings. The van der Waals surface area contributed by atoms with Crippen molar-refractivity contribution in [1.82, 2.24) is 9.80 Å². The number of benzene rings is 1. The van der Waals surface area contributed by atoms with Gasteiger partial charge in [-0.15, -0.1) is 0 Å². The SMILES string of the molecule is CN(C)C(=O)CCN1CCOC(c2ccccc2Br)C1. The molecule has 1 saturated heterocycles. The van der Waals surface area contributed by atoms with E-state index in [1.165, 1.54) is 5.56 Å². The zero-order valence-electron chi connectivity index (χ0n) is 12.0. The minimum atomic E-state index is 0.0776. The Bertz CT molecular complexity index is 465. The first-order valence-corrected chi connectivity index (χ1v) is 7.66. The topological polar surface area (TPSA) is 32.8 Å². The molecule has 1 aliphatic heterocycles. The largest absolute Gasteiger partial charge is 0.371 e. The summed E-state index contributed by atoms with van der Waals surface area (Å²) in [4.78, 5) is 15.6. The van der Waals surface area contributed by atoms with E-state index in [0.29, 0.717) is 13.0 Å². The number of morpholine rings is 1. The van der Waals surface area contributed by atoms with Crippen molar-refractivity contribution in [3.05, 3.63) is 34.3 Å². The number of halogens is 1. The van der Waals surface area contributed by atoms with E-state index < -0.39 is 0 Å². The van der Waals surface area contributed by atoms with Gasteiger partial charge in [-0.2, -0.15) is 0 Å². The van der Waals surface area contributed by atoms with E-state index in [2.05, 4.69) is 26.9 Å². The Morgan fingerprint density at radius 3 is 2.90 bits per heavy atom. The third-order valence-corrected chi connectivity index (χ3v) is 4.27. The van der Waals surface area contributed by atoms with Gasteiger partial charge in [0.25, 0.3) is 0 Å². The molecule has 1 atom stereocenters. The van der Waals surface area contributed by atoms with Crippen molar-refractivity contribution in [2.24, 2.45) is 0 Å². The Kier molecular flexibility index (Phi) is 5.57. The van der Waals surface area contributed by atoms with Crippen molar-refractivity contribution < 1.29 is 9.53 Å². The summed E-state index contributed by atoms with van der Waals surface area (Å²) in [6.45, 7) is 3.23. The summed E-state index contributed by atoms with van der Waals surface area (Å²) in [5.41, 5.74) is 1.18. The predicted molar refractivity (Wildman–Crippen MR) is 82.6 cm³/mol. The van der Waals surface area contributed by atoms with Crippen molar-refractivity contribution in [1.29, 1.82) is 0 Å².